The first kappa shape index (κ1) is 13.3. The zero-order valence-corrected chi connectivity index (χ0v) is 10.3. The fourth-order valence-corrected chi connectivity index (χ4v) is 1.48. The van der Waals surface area contributed by atoms with Crippen LogP contribution in [0.2, 0.25) is 5.02 Å². The zero-order valence-electron chi connectivity index (χ0n) is 9.50. The minimum Gasteiger partial charge on any atom is -0.492 e. The topological polar surface area (TPSA) is 62.1 Å². The van der Waals surface area contributed by atoms with Crippen LogP contribution >= 0.6 is 11.6 Å². The molecule has 1 N–H and O–H groups in total. The smallest absolute Gasteiger partial charge is 0.219 e. The van der Waals surface area contributed by atoms with E-state index in [1.54, 1.807) is 25.2 Å². The third-order valence-electron chi connectivity index (χ3n) is 2.17. The lowest BCUT2D eigenvalue weighted by atomic mass is 10.2. The lowest BCUT2D eigenvalue weighted by Crippen LogP contribution is -2.18. The Kier molecular flexibility index (Phi) is 5.31. The van der Waals surface area contributed by atoms with Crippen LogP contribution in [-0.4, -0.2) is 19.6 Å². The van der Waals surface area contributed by atoms with Crippen LogP contribution in [0.3, 0.4) is 0 Å². The number of carbonyl (C=O) groups excluding carboxylic acids is 1. The van der Waals surface area contributed by atoms with Gasteiger partial charge in [-0.1, -0.05) is 17.7 Å². The Morgan fingerprint density at radius 1 is 1.59 bits per heavy atom. The number of nitrogens with one attached hydrogen (secondary N) is 1. The second-order valence-corrected chi connectivity index (χ2v) is 3.76. The van der Waals surface area contributed by atoms with Crippen LogP contribution < -0.4 is 10.1 Å². The molecule has 1 amide bonds. The van der Waals surface area contributed by atoms with Gasteiger partial charge in [0.25, 0.3) is 0 Å². The third-order valence-corrected chi connectivity index (χ3v) is 2.49. The van der Waals surface area contributed by atoms with Crippen LogP contribution in [0.5, 0.6) is 5.75 Å². The van der Waals surface area contributed by atoms with Gasteiger partial charge in [-0.15, -0.1) is 0 Å². The molecule has 90 valence electrons. The average Bonchev–Trinajstić information content (AvgIpc) is 2.34. The molecule has 0 saturated heterocycles. The normalized spacial score (nSPS) is 9.47. The molecule has 0 spiro atoms. The van der Waals surface area contributed by atoms with E-state index < -0.39 is 0 Å². The summed E-state index contributed by atoms with van der Waals surface area (Å²) >= 11 is 5.85. The van der Waals surface area contributed by atoms with E-state index in [1.807, 2.05) is 6.07 Å². The Hall–Kier alpha value is -1.73. The van der Waals surface area contributed by atoms with Crippen LogP contribution in [0, 0.1) is 11.3 Å². The fraction of sp³-hybridized carbons (Fsp3) is 0.333. The molecule has 0 atom stereocenters. The molecule has 1 aromatic rings. The molecular formula is C12H13ClN2O2. The first-order chi connectivity index (χ1) is 8.19. The summed E-state index contributed by atoms with van der Waals surface area (Å²) in [5, 5.41) is 11.8. The van der Waals surface area contributed by atoms with Gasteiger partial charge in [0.05, 0.1) is 11.6 Å². The minimum absolute atomic E-state index is 0.0276. The molecule has 5 heteroatoms. The van der Waals surface area contributed by atoms with Gasteiger partial charge in [0.1, 0.15) is 17.4 Å². The molecule has 0 fully saturated rings. The Morgan fingerprint density at radius 3 is 3.00 bits per heavy atom. The van der Waals surface area contributed by atoms with Crippen molar-refractivity contribution in [2.24, 2.45) is 0 Å². The van der Waals surface area contributed by atoms with Gasteiger partial charge in [0.2, 0.25) is 5.91 Å². The van der Waals surface area contributed by atoms with E-state index in [9.17, 15) is 4.79 Å². The second-order valence-electron chi connectivity index (χ2n) is 3.35. The third kappa shape index (κ3) is 3.97. The predicted octanol–water partition coefficient (Wildman–Crippen LogP) is 2.12. The summed E-state index contributed by atoms with van der Waals surface area (Å²) in [4.78, 5) is 11.0. The van der Waals surface area contributed by atoms with Crippen LogP contribution in [0.25, 0.3) is 0 Å². The van der Waals surface area contributed by atoms with Gasteiger partial charge in [-0.25, -0.2) is 0 Å². The van der Waals surface area contributed by atoms with Crippen molar-refractivity contribution < 1.29 is 9.53 Å². The van der Waals surface area contributed by atoms with Crippen molar-refractivity contribution in [1.29, 1.82) is 5.26 Å². The van der Waals surface area contributed by atoms with Crippen molar-refractivity contribution >= 4 is 17.5 Å². The van der Waals surface area contributed by atoms with Gasteiger partial charge < -0.3 is 10.1 Å². The average molecular weight is 253 g/mol. The molecule has 0 aromatic heterocycles. The van der Waals surface area contributed by atoms with E-state index in [-0.39, 0.29) is 5.91 Å². The van der Waals surface area contributed by atoms with Crippen LogP contribution in [0.15, 0.2) is 18.2 Å². The van der Waals surface area contributed by atoms with Crippen LogP contribution in [0.1, 0.15) is 18.4 Å². The summed E-state index contributed by atoms with van der Waals surface area (Å²) in [5.41, 5.74) is 0.328. The largest absolute Gasteiger partial charge is 0.492 e. The van der Waals surface area contributed by atoms with E-state index in [0.717, 1.165) is 0 Å². The van der Waals surface area contributed by atoms with E-state index in [1.165, 1.54) is 0 Å². The number of hydrogen-bond donors (Lipinski definition) is 1. The maximum atomic E-state index is 11.0. The van der Waals surface area contributed by atoms with Gasteiger partial charge >= 0.3 is 0 Å². The van der Waals surface area contributed by atoms with Crippen molar-refractivity contribution in [2.45, 2.75) is 12.8 Å². The highest BCUT2D eigenvalue weighted by Gasteiger charge is 2.07. The number of benzene rings is 1. The quantitative estimate of drug-likeness (QED) is 0.817. The maximum Gasteiger partial charge on any atom is 0.219 e. The number of hydrogen-bond acceptors (Lipinski definition) is 3. The highest BCUT2D eigenvalue weighted by Crippen LogP contribution is 2.25. The van der Waals surface area contributed by atoms with Crippen molar-refractivity contribution in [2.75, 3.05) is 13.7 Å². The van der Waals surface area contributed by atoms with Gasteiger partial charge in [-0.05, 0) is 18.6 Å². The number of halogens is 1. The maximum absolute atomic E-state index is 11.0. The van der Waals surface area contributed by atoms with Crippen molar-refractivity contribution in [3.8, 4) is 11.8 Å². The van der Waals surface area contributed by atoms with E-state index in [4.69, 9.17) is 21.6 Å². The standard InChI is InChI=1S/C12H13ClN2O2/c1-15-12(16)6-3-7-17-11-5-2-4-10(13)9(11)8-14/h2,4-5H,3,6-7H2,1H3,(H,15,16). The molecule has 17 heavy (non-hydrogen) atoms. The number of nitriles is 1. The number of nitrogens with zero attached hydrogens (tertiary/aromatic N) is 1. The summed E-state index contributed by atoms with van der Waals surface area (Å²) in [6, 6.07) is 7.03. The molecule has 0 unspecified atom stereocenters. The number of carbonyl (C=O) groups is 1. The van der Waals surface area contributed by atoms with Gasteiger partial charge in [-0.2, -0.15) is 5.26 Å². The Balaban J connectivity index is 2.50. The van der Waals surface area contributed by atoms with Crippen LogP contribution in [0.4, 0.5) is 0 Å². The molecule has 0 aliphatic rings. The number of rotatable bonds is 5. The van der Waals surface area contributed by atoms with E-state index >= 15 is 0 Å². The molecule has 0 saturated carbocycles. The molecular weight excluding hydrogens is 240 g/mol. The Bertz CT molecular complexity index is 441. The summed E-state index contributed by atoms with van der Waals surface area (Å²) in [6.07, 6.45) is 0.996. The molecule has 0 bridgehead atoms. The molecule has 0 aliphatic heterocycles. The van der Waals surface area contributed by atoms with Crippen molar-refractivity contribution in [3.63, 3.8) is 0 Å². The summed E-state index contributed by atoms with van der Waals surface area (Å²) in [5.74, 6) is 0.428. The second kappa shape index (κ2) is 6.77. The van der Waals surface area contributed by atoms with Gasteiger partial charge in [-0.3, -0.25) is 4.79 Å². The molecule has 0 heterocycles. The first-order valence-electron chi connectivity index (χ1n) is 5.21. The van der Waals surface area contributed by atoms with Crippen LogP contribution in [-0.2, 0) is 4.79 Å². The Labute approximate surface area is 105 Å². The summed E-state index contributed by atoms with van der Waals surface area (Å²) in [7, 11) is 1.59. The first-order valence-corrected chi connectivity index (χ1v) is 5.59. The minimum atomic E-state index is -0.0276. The monoisotopic (exact) mass is 252 g/mol. The molecule has 0 radical (unpaired) electrons. The van der Waals surface area contributed by atoms with Gasteiger partial charge in [0.15, 0.2) is 0 Å². The van der Waals surface area contributed by atoms with Crippen molar-refractivity contribution in [1.82, 2.24) is 5.32 Å². The SMILES string of the molecule is CNC(=O)CCCOc1cccc(Cl)c1C#N. The predicted molar refractivity (Wildman–Crippen MR) is 65.0 cm³/mol. The molecule has 4 nitrogen and oxygen atoms in total. The summed E-state index contributed by atoms with van der Waals surface area (Å²) < 4.78 is 5.42. The lowest BCUT2D eigenvalue weighted by Gasteiger charge is -2.08. The molecule has 1 aromatic carbocycles. The highest BCUT2D eigenvalue weighted by atomic mass is 35.5. The Morgan fingerprint density at radius 2 is 2.35 bits per heavy atom. The van der Waals surface area contributed by atoms with Crippen molar-refractivity contribution in [3.05, 3.63) is 28.8 Å². The van der Waals surface area contributed by atoms with E-state index in [0.29, 0.717) is 35.8 Å². The number of amides is 1. The lowest BCUT2D eigenvalue weighted by molar-refractivity contribution is -0.120. The van der Waals surface area contributed by atoms with Gasteiger partial charge in [0, 0.05) is 13.5 Å². The fourth-order valence-electron chi connectivity index (χ4n) is 1.27. The van der Waals surface area contributed by atoms with E-state index in [2.05, 4.69) is 5.32 Å². The summed E-state index contributed by atoms with van der Waals surface area (Å²) in [6.45, 7) is 0.377. The number of ether oxygens (including phenoxy) is 1. The molecule has 1 rings (SSSR count). The zero-order chi connectivity index (χ0) is 12.7. The highest BCUT2D eigenvalue weighted by molar-refractivity contribution is 6.31. The molecule has 0 aliphatic carbocycles.